The van der Waals surface area contributed by atoms with Crippen LogP contribution in [0.25, 0.3) is 17.1 Å². The molecular formula is C25H19ClF3N3O4S. The minimum Gasteiger partial charge on any atom is -0.457 e. The molecule has 0 atom stereocenters. The van der Waals surface area contributed by atoms with E-state index in [1.807, 2.05) is 0 Å². The summed E-state index contributed by atoms with van der Waals surface area (Å²) in [5.74, 6) is -1.05. The first-order valence-corrected chi connectivity index (χ1v) is 12.2. The second-order valence-electron chi connectivity index (χ2n) is 7.92. The summed E-state index contributed by atoms with van der Waals surface area (Å²) >= 11 is 6.82. The van der Waals surface area contributed by atoms with Crippen LogP contribution in [-0.4, -0.2) is 38.9 Å². The molecule has 2 heterocycles. The third kappa shape index (κ3) is 6.23. The molecule has 0 saturated carbocycles. The molecule has 2 aromatic carbocycles. The van der Waals surface area contributed by atoms with Crippen molar-refractivity contribution in [2.45, 2.75) is 25.2 Å². The minimum absolute atomic E-state index is 0.151. The van der Waals surface area contributed by atoms with Gasteiger partial charge in [-0.15, -0.1) is 10.2 Å². The van der Waals surface area contributed by atoms with Gasteiger partial charge in [0.2, 0.25) is 11.7 Å². The van der Waals surface area contributed by atoms with Crippen molar-refractivity contribution < 1.29 is 31.9 Å². The third-order valence-corrected chi connectivity index (χ3v) is 6.38. The number of Topliss-reactive ketones (excluding diaryl/α,β-unsaturated/α-hetero) is 1. The molecular weight excluding hydrogens is 531 g/mol. The molecule has 0 fully saturated rings. The van der Waals surface area contributed by atoms with Gasteiger partial charge in [0, 0.05) is 33.2 Å². The number of esters is 1. The van der Waals surface area contributed by atoms with Gasteiger partial charge >= 0.3 is 12.1 Å². The number of carbonyl (C=O) groups is 2. The molecule has 2 aromatic heterocycles. The molecule has 0 saturated heterocycles. The molecule has 0 bridgehead atoms. The zero-order chi connectivity index (χ0) is 26.7. The van der Waals surface area contributed by atoms with Crippen LogP contribution in [0.15, 0.2) is 64.2 Å². The quantitative estimate of drug-likeness (QED) is 0.144. The fourth-order valence-electron chi connectivity index (χ4n) is 3.63. The number of aryl methyl sites for hydroxylation is 1. The summed E-state index contributed by atoms with van der Waals surface area (Å²) < 4.78 is 51.5. The van der Waals surface area contributed by atoms with E-state index in [9.17, 15) is 22.8 Å². The molecule has 0 spiro atoms. The van der Waals surface area contributed by atoms with Gasteiger partial charge in [0.15, 0.2) is 6.61 Å². The summed E-state index contributed by atoms with van der Waals surface area (Å²) in [6.07, 6.45) is -4.49. The number of nitrogens with zero attached hydrogens (tertiary/aromatic N) is 3. The van der Waals surface area contributed by atoms with Crippen LogP contribution in [0.1, 0.15) is 27.3 Å². The number of ketones is 1. The van der Waals surface area contributed by atoms with Gasteiger partial charge in [0.05, 0.1) is 5.56 Å². The molecule has 37 heavy (non-hydrogen) atoms. The van der Waals surface area contributed by atoms with E-state index in [1.165, 1.54) is 12.1 Å². The van der Waals surface area contributed by atoms with Crippen molar-refractivity contribution >= 4 is 35.1 Å². The van der Waals surface area contributed by atoms with E-state index in [4.69, 9.17) is 20.8 Å². The van der Waals surface area contributed by atoms with Crippen molar-refractivity contribution in [3.8, 4) is 17.1 Å². The Morgan fingerprint density at radius 1 is 1.08 bits per heavy atom. The number of aromatic nitrogens is 3. The summed E-state index contributed by atoms with van der Waals surface area (Å²) in [5, 5.41) is 8.50. The number of alkyl halides is 3. The van der Waals surface area contributed by atoms with E-state index in [2.05, 4.69) is 10.2 Å². The van der Waals surface area contributed by atoms with E-state index >= 15 is 0 Å². The van der Waals surface area contributed by atoms with Crippen LogP contribution in [0, 0.1) is 13.8 Å². The lowest BCUT2D eigenvalue weighted by Gasteiger charge is -2.13. The molecule has 0 aliphatic carbocycles. The fourth-order valence-corrected chi connectivity index (χ4v) is 4.31. The van der Waals surface area contributed by atoms with Gasteiger partial charge in [0.25, 0.3) is 5.22 Å². The highest BCUT2D eigenvalue weighted by Crippen LogP contribution is 2.31. The molecule has 4 rings (SSSR count). The lowest BCUT2D eigenvalue weighted by Crippen LogP contribution is -2.16. The summed E-state index contributed by atoms with van der Waals surface area (Å²) in [5.41, 5.74) is 1.40. The number of rotatable bonds is 8. The number of halogens is 4. The number of hydrogen-bond donors (Lipinski definition) is 0. The van der Waals surface area contributed by atoms with Gasteiger partial charge in [-0.25, -0.2) is 0 Å². The Morgan fingerprint density at radius 3 is 2.51 bits per heavy atom. The lowest BCUT2D eigenvalue weighted by molar-refractivity contribution is -0.139. The van der Waals surface area contributed by atoms with Crippen molar-refractivity contribution in [3.05, 3.63) is 82.1 Å². The first-order valence-electron chi connectivity index (χ1n) is 10.8. The first kappa shape index (κ1) is 26.5. The zero-order valence-electron chi connectivity index (χ0n) is 19.5. The molecule has 0 radical (unpaired) electrons. The molecule has 192 valence electrons. The van der Waals surface area contributed by atoms with Gasteiger partial charge in [-0.3, -0.25) is 9.59 Å². The van der Waals surface area contributed by atoms with Crippen LogP contribution < -0.4 is 0 Å². The molecule has 7 nitrogen and oxygen atoms in total. The first-order chi connectivity index (χ1) is 17.5. The van der Waals surface area contributed by atoms with E-state index < -0.39 is 30.1 Å². The number of ether oxygens (including phenoxy) is 1. The average Bonchev–Trinajstić information content (AvgIpc) is 3.45. The predicted molar refractivity (Wildman–Crippen MR) is 131 cm³/mol. The van der Waals surface area contributed by atoms with Gasteiger partial charge in [-0.1, -0.05) is 29.4 Å². The average molecular weight is 550 g/mol. The van der Waals surface area contributed by atoms with Crippen molar-refractivity contribution in [3.63, 3.8) is 0 Å². The Balaban J connectivity index is 1.36. The van der Waals surface area contributed by atoms with Crippen molar-refractivity contribution in [2.75, 3.05) is 12.4 Å². The second-order valence-corrected chi connectivity index (χ2v) is 9.28. The Hall–Kier alpha value is -3.57. The molecule has 0 N–H and O–H groups in total. The summed E-state index contributed by atoms with van der Waals surface area (Å²) in [6.45, 7) is 2.77. The van der Waals surface area contributed by atoms with Crippen LogP contribution >= 0.6 is 23.4 Å². The van der Waals surface area contributed by atoms with Crippen LogP contribution in [0.2, 0.25) is 5.02 Å². The minimum atomic E-state index is -4.49. The van der Waals surface area contributed by atoms with Crippen LogP contribution in [0.3, 0.4) is 0 Å². The Kier molecular flexibility index (Phi) is 7.74. The molecule has 0 amide bonds. The van der Waals surface area contributed by atoms with Crippen LogP contribution in [0.4, 0.5) is 13.2 Å². The third-order valence-electron chi connectivity index (χ3n) is 5.34. The maximum absolute atomic E-state index is 13.1. The standard InChI is InChI=1S/C25H19ClF3N3O4S/c1-14-10-20(15(2)32(14)19-5-3-4-17(11-19)25(27,28)29)21(33)12-35-22(34)13-37-24-31-30-23(36-24)16-6-8-18(26)9-7-16/h3-11H,12-13H2,1-2H3. The fraction of sp³-hybridized carbons (Fsp3) is 0.200. The largest absolute Gasteiger partial charge is 0.457 e. The summed E-state index contributed by atoms with van der Waals surface area (Å²) in [4.78, 5) is 24.9. The van der Waals surface area contributed by atoms with Gasteiger partial charge in [0.1, 0.15) is 5.75 Å². The predicted octanol–water partition coefficient (Wildman–Crippen LogP) is 6.33. The van der Waals surface area contributed by atoms with Crippen LogP contribution in [0.5, 0.6) is 0 Å². The number of thioether (sulfide) groups is 1. The van der Waals surface area contributed by atoms with E-state index in [1.54, 1.807) is 48.7 Å². The smallest absolute Gasteiger partial charge is 0.416 e. The second kappa shape index (κ2) is 10.8. The van der Waals surface area contributed by atoms with Gasteiger partial charge in [-0.05, 0) is 62.4 Å². The number of carbonyl (C=O) groups excluding carboxylic acids is 2. The van der Waals surface area contributed by atoms with Crippen molar-refractivity contribution in [1.29, 1.82) is 0 Å². The molecule has 0 aliphatic rings. The van der Waals surface area contributed by atoms with E-state index in [-0.39, 0.29) is 28.1 Å². The number of benzene rings is 2. The normalized spacial score (nSPS) is 11.5. The molecule has 0 unspecified atom stereocenters. The van der Waals surface area contributed by atoms with E-state index in [0.29, 0.717) is 22.0 Å². The van der Waals surface area contributed by atoms with Gasteiger partial charge in [-0.2, -0.15) is 13.2 Å². The SMILES string of the molecule is Cc1cc(C(=O)COC(=O)CSc2nnc(-c3ccc(Cl)cc3)o2)c(C)n1-c1cccc(C(F)(F)F)c1. The maximum atomic E-state index is 13.1. The zero-order valence-corrected chi connectivity index (χ0v) is 21.1. The maximum Gasteiger partial charge on any atom is 0.416 e. The highest BCUT2D eigenvalue weighted by atomic mass is 35.5. The molecule has 4 aromatic rings. The Morgan fingerprint density at radius 2 is 1.81 bits per heavy atom. The molecule has 0 aliphatic heterocycles. The van der Waals surface area contributed by atoms with E-state index in [0.717, 1.165) is 23.9 Å². The highest BCUT2D eigenvalue weighted by Gasteiger charge is 2.31. The van der Waals surface area contributed by atoms with Crippen molar-refractivity contribution in [2.24, 2.45) is 0 Å². The van der Waals surface area contributed by atoms with Gasteiger partial charge < -0.3 is 13.7 Å². The van der Waals surface area contributed by atoms with Crippen LogP contribution in [-0.2, 0) is 15.7 Å². The summed E-state index contributed by atoms with van der Waals surface area (Å²) in [7, 11) is 0. The Bertz CT molecular complexity index is 1450. The summed E-state index contributed by atoms with van der Waals surface area (Å²) in [6, 6.07) is 13.2. The lowest BCUT2D eigenvalue weighted by atomic mass is 10.1. The monoisotopic (exact) mass is 549 g/mol. The topological polar surface area (TPSA) is 87.2 Å². The Labute approximate surface area is 218 Å². The van der Waals surface area contributed by atoms with Crippen molar-refractivity contribution in [1.82, 2.24) is 14.8 Å². The molecule has 12 heteroatoms. The number of hydrogen-bond acceptors (Lipinski definition) is 7. The highest BCUT2D eigenvalue weighted by molar-refractivity contribution is 7.99.